The summed E-state index contributed by atoms with van der Waals surface area (Å²) in [5.41, 5.74) is 2.60. The summed E-state index contributed by atoms with van der Waals surface area (Å²) in [5.74, 6) is -0.982. The van der Waals surface area contributed by atoms with Crippen LogP contribution in [0.3, 0.4) is 0 Å². The van der Waals surface area contributed by atoms with Crippen LogP contribution in [0, 0.1) is 0 Å². The number of nitrogens with zero attached hydrogens (tertiary/aromatic N) is 4. The Morgan fingerprint density at radius 3 is 2.62 bits per heavy atom. The first-order valence-corrected chi connectivity index (χ1v) is 12.8. The molecule has 0 spiro atoms. The molecule has 2 N–H and O–H groups in total. The third-order valence-corrected chi connectivity index (χ3v) is 7.31. The molecule has 0 fully saturated rings. The van der Waals surface area contributed by atoms with Gasteiger partial charge in [0.2, 0.25) is 6.17 Å². The van der Waals surface area contributed by atoms with E-state index >= 15 is 0 Å². The van der Waals surface area contributed by atoms with Crippen LogP contribution in [0.25, 0.3) is 11.6 Å². The van der Waals surface area contributed by atoms with Crippen LogP contribution < -0.4 is 10.6 Å². The number of aromatic nitrogens is 3. The molecule has 0 unspecified atom stereocenters. The number of rotatable bonds is 8. The fourth-order valence-electron chi connectivity index (χ4n) is 4.04. The van der Waals surface area contributed by atoms with Crippen LogP contribution in [-0.4, -0.2) is 46.7 Å². The van der Waals surface area contributed by atoms with Crippen molar-refractivity contribution in [1.82, 2.24) is 15.2 Å². The predicted octanol–water partition coefficient (Wildman–Crippen LogP) is 5.58. The quantitative estimate of drug-likeness (QED) is 0.291. The third kappa shape index (κ3) is 5.68. The molecule has 0 saturated heterocycles. The van der Waals surface area contributed by atoms with E-state index in [2.05, 4.69) is 30.8 Å². The number of alkyl halides is 3. The molecule has 0 saturated carbocycles. The fraction of sp³-hybridized carbons (Fsp3) is 0.269. The maximum absolute atomic E-state index is 13.5. The Labute approximate surface area is 225 Å². The lowest BCUT2D eigenvalue weighted by Gasteiger charge is -2.11. The molecule has 1 amide bonds. The molecule has 202 valence electrons. The van der Waals surface area contributed by atoms with Crippen molar-refractivity contribution in [3.63, 3.8) is 0 Å². The SMILES string of the molecule is COCC[C@H](C)c1sc(C(F)(F)F)nc1-c1nnc(N[C@H]2N=C(c3ccccc3)c3ccccc3NC2=O)o1. The number of para-hydroxylation sites is 1. The van der Waals surface area contributed by atoms with Crippen LogP contribution >= 0.6 is 11.3 Å². The van der Waals surface area contributed by atoms with Crippen molar-refractivity contribution in [3.8, 4) is 11.6 Å². The Morgan fingerprint density at radius 1 is 1.13 bits per heavy atom. The maximum Gasteiger partial charge on any atom is 0.443 e. The van der Waals surface area contributed by atoms with Crippen LogP contribution in [0.15, 0.2) is 64.0 Å². The molecule has 9 nitrogen and oxygen atoms in total. The van der Waals surface area contributed by atoms with Gasteiger partial charge < -0.3 is 19.8 Å². The van der Waals surface area contributed by atoms with E-state index in [1.165, 1.54) is 7.11 Å². The number of nitrogens with one attached hydrogen (secondary N) is 2. The zero-order chi connectivity index (χ0) is 27.6. The Bertz CT molecular complexity index is 1500. The van der Waals surface area contributed by atoms with Crippen molar-refractivity contribution in [1.29, 1.82) is 0 Å². The predicted molar refractivity (Wildman–Crippen MR) is 140 cm³/mol. The highest BCUT2D eigenvalue weighted by molar-refractivity contribution is 7.12. The second kappa shape index (κ2) is 10.9. The minimum Gasteiger partial charge on any atom is -0.402 e. The van der Waals surface area contributed by atoms with Gasteiger partial charge in [0.25, 0.3) is 11.8 Å². The number of carbonyl (C=O) groups is 1. The number of amides is 1. The van der Waals surface area contributed by atoms with Crippen LogP contribution in [0.5, 0.6) is 0 Å². The molecule has 0 bridgehead atoms. The Morgan fingerprint density at radius 2 is 1.87 bits per heavy atom. The Hall–Kier alpha value is -4.10. The first kappa shape index (κ1) is 26.5. The molecule has 13 heteroatoms. The number of benzene rings is 2. The smallest absolute Gasteiger partial charge is 0.402 e. The second-order valence-electron chi connectivity index (χ2n) is 8.75. The number of ether oxygens (including phenoxy) is 1. The molecule has 2 atom stereocenters. The highest BCUT2D eigenvalue weighted by atomic mass is 32.1. The van der Waals surface area contributed by atoms with Crippen molar-refractivity contribution in [2.75, 3.05) is 24.4 Å². The number of thiazole rings is 1. The molecule has 0 radical (unpaired) electrons. The molecular formula is C26H23F3N6O3S. The summed E-state index contributed by atoms with van der Waals surface area (Å²) in [4.78, 5) is 21.8. The number of benzodiazepines with no additional fused rings is 1. The minimum atomic E-state index is -4.63. The highest BCUT2D eigenvalue weighted by Gasteiger charge is 2.38. The molecule has 2 aromatic carbocycles. The molecule has 2 aromatic heterocycles. The van der Waals surface area contributed by atoms with E-state index in [-0.39, 0.29) is 23.5 Å². The lowest BCUT2D eigenvalue weighted by molar-refractivity contribution is -0.137. The second-order valence-corrected chi connectivity index (χ2v) is 9.78. The maximum atomic E-state index is 13.5. The minimum absolute atomic E-state index is 0.0531. The van der Waals surface area contributed by atoms with E-state index in [9.17, 15) is 18.0 Å². The topological polar surface area (TPSA) is 115 Å². The van der Waals surface area contributed by atoms with Gasteiger partial charge in [-0.25, -0.2) is 9.98 Å². The van der Waals surface area contributed by atoms with Gasteiger partial charge in [-0.15, -0.1) is 16.4 Å². The molecule has 39 heavy (non-hydrogen) atoms. The zero-order valence-corrected chi connectivity index (χ0v) is 21.6. The van der Waals surface area contributed by atoms with Gasteiger partial charge in [-0.05, 0) is 18.4 Å². The number of hydrogen-bond acceptors (Lipinski definition) is 9. The van der Waals surface area contributed by atoms with E-state index in [1.54, 1.807) is 19.1 Å². The van der Waals surface area contributed by atoms with Gasteiger partial charge >= 0.3 is 12.2 Å². The number of anilines is 2. The zero-order valence-electron chi connectivity index (χ0n) is 20.8. The van der Waals surface area contributed by atoms with E-state index in [1.807, 2.05) is 42.5 Å². The van der Waals surface area contributed by atoms with Crippen LogP contribution in [0.4, 0.5) is 24.9 Å². The van der Waals surface area contributed by atoms with E-state index in [0.717, 1.165) is 11.1 Å². The number of fused-ring (bicyclic) bond motifs is 1. The number of aliphatic imine (C=N–C) groups is 1. The number of hydrogen-bond donors (Lipinski definition) is 2. The van der Waals surface area contributed by atoms with Crippen molar-refractivity contribution in [2.24, 2.45) is 4.99 Å². The summed E-state index contributed by atoms with van der Waals surface area (Å²) in [6.45, 7) is 2.14. The monoisotopic (exact) mass is 556 g/mol. The van der Waals surface area contributed by atoms with Gasteiger partial charge in [-0.3, -0.25) is 4.79 Å². The van der Waals surface area contributed by atoms with Gasteiger partial charge in [0.05, 0.1) is 11.4 Å². The molecule has 0 aliphatic carbocycles. The van der Waals surface area contributed by atoms with Gasteiger partial charge in [-0.2, -0.15) is 13.2 Å². The molecule has 3 heterocycles. The number of carbonyl (C=O) groups excluding carboxylic acids is 1. The Balaban J connectivity index is 1.48. The van der Waals surface area contributed by atoms with Crippen molar-refractivity contribution in [2.45, 2.75) is 31.6 Å². The standard InChI is InChI=1S/C26H23F3N6O3S/c1-14(12-13-37-2)20-19(32-24(39-20)26(27,28)29)23-34-35-25(38-23)33-21-22(36)30-17-11-7-6-10-16(17)18(31-21)15-8-4-3-5-9-15/h3-11,14,21H,12-13H2,1-2H3,(H,30,36)(H,33,35)/t14-,21+/m0/s1. The average molecular weight is 557 g/mol. The summed E-state index contributed by atoms with van der Waals surface area (Å²) < 4.78 is 51.2. The van der Waals surface area contributed by atoms with Gasteiger partial charge in [-0.1, -0.05) is 60.6 Å². The summed E-state index contributed by atoms with van der Waals surface area (Å²) >= 11 is 0.533. The normalized spacial score (nSPS) is 16.2. The van der Waals surface area contributed by atoms with Crippen molar-refractivity contribution >= 4 is 34.7 Å². The molecule has 1 aliphatic heterocycles. The van der Waals surface area contributed by atoms with E-state index in [0.29, 0.717) is 40.6 Å². The van der Waals surface area contributed by atoms with Crippen molar-refractivity contribution < 1.29 is 27.1 Å². The largest absolute Gasteiger partial charge is 0.443 e. The average Bonchev–Trinajstić information content (AvgIpc) is 3.55. The summed E-state index contributed by atoms with van der Waals surface area (Å²) in [6.07, 6.45) is -5.32. The highest BCUT2D eigenvalue weighted by Crippen LogP contribution is 2.41. The lowest BCUT2D eigenvalue weighted by Crippen LogP contribution is -2.32. The van der Waals surface area contributed by atoms with E-state index < -0.39 is 23.3 Å². The number of halogens is 3. The third-order valence-electron chi connectivity index (χ3n) is 5.98. The molecule has 1 aliphatic rings. The summed E-state index contributed by atoms with van der Waals surface area (Å²) in [7, 11) is 1.52. The fourth-order valence-corrected chi connectivity index (χ4v) is 5.05. The first-order valence-electron chi connectivity index (χ1n) is 12.0. The van der Waals surface area contributed by atoms with Gasteiger partial charge in [0.1, 0.15) is 5.69 Å². The van der Waals surface area contributed by atoms with Crippen LogP contribution in [0.2, 0.25) is 0 Å². The van der Waals surface area contributed by atoms with Gasteiger partial charge in [0.15, 0.2) is 5.01 Å². The van der Waals surface area contributed by atoms with E-state index in [4.69, 9.17) is 9.15 Å². The first-order chi connectivity index (χ1) is 18.7. The van der Waals surface area contributed by atoms with Crippen LogP contribution in [0.1, 0.15) is 40.3 Å². The van der Waals surface area contributed by atoms with Crippen LogP contribution in [-0.2, 0) is 15.7 Å². The molecular weight excluding hydrogens is 533 g/mol. The summed E-state index contributed by atoms with van der Waals surface area (Å²) in [5, 5.41) is 12.5. The Kier molecular flexibility index (Phi) is 7.44. The molecule has 4 aromatic rings. The lowest BCUT2D eigenvalue weighted by atomic mass is 10.0. The van der Waals surface area contributed by atoms with Gasteiger partial charge in [0, 0.05) is 29.7 Å². The van der Waals surface area contributed by atoms with Crippen molar-refractivity contribution in [3.05, 3.63) is 75.6 Å². The molecule has 5 rings (SSSR count). The summed E-state index contributed by atoms with van der Waals surface area (Å²) in [6, 6.07) is 16.4. The number of methoxy groups -OCH3 is 1.